The van der Waals surface area contributed by atoms with Crippen LogP contribution in [0.1, 0.15) is 48.8 Å². The van der Waals surface area contributed by atoms with Crippen LogP contribution in [0.4, 0.5) is 0 Å². The Balaban J connectivity index is 1.62. The molecule has 0 bridgehead atoms. The van der Waals surface area contributed by atoms with Crippen LogP contribution >= 0.6 is 22.9 Å². The summed E-state index contributed by atoms with van der Waals surface area (Å²) in [7, 11) is 0. The van der Waals surface area contributed by atoms with Crippen LogP contribution < -0.4 is 0 Å². The standard InChI is InChI=1S/C22H17ClO4S/c23-16-11-9-15(10-12-16)21(25)17-5-1-2-6-18(17)22(26)27-13-3-7-19(24)20-8-4-14-28-20/h1-2,4-6,8-12,14H,3,7,13H2. The van der Waals surface area contributed by atoms with Gasteiger partial charge in [-0.2, -0.15) is 0 Å². The third-order valence-corrected chi connectivity index (χ3v) is 5.24. The van der Waals surface area contributed by atoms with Gasteiger partial charge in [-0.3, -0.25) is 9.59 Å². The van der Waals surface area contributed by atoms with Crippen molar-refractivity contribution in [3.8, 4) is 0 Å². The number of halogens is 1. The summed E-state index contributed by atoms with van der Waals surface area (Å²) in [4.78, 5) is 37.8. The molecule has 0 aliphatic carbocycles. The van der Waals surface area contributed by atoms with Crippen LogP contribution in [0.3, 0.4) is 0 Å². The van der Waals surface area contributed by atoms with E-state index in [0.717, 1.165) is 0 Å². The molecule has 142 valence electrons. The lowest BCUT2D eigenvalue weighted by Crippen LogP contribution is -2.13. The molecule has 1 aromatic heterocycles. The summed E-state index contributed by atoms with van der Waals surface area (Å²) in [6.45, 7) is 0.111. The van der Waals surface area contributed by atoms with Crippen molar-refractivity contribution >= 4 is 40.5 Å². The average molecular weight is 413 g/mol. The maximum atomic E-state index is 12.7. The van der Waals surface area contributed by atoms with Crippen LogP contribution in [-0.2, 0) is 4.74 Å². The lowest BCUT2D eigenvalue weighted by molar-refractivity contribution is 0.0491. The molecule has 0 saturated heterocycles. The molecule has 0 fully saturated rings. The second-order valence-corrected chi connectivity index (χ2v) is 7.41. The first-order valence-electron chi connectivity index (χ1n) is 8.69. The minimum Gasteiger partial charge on any atom is -0.462 e. The molecule has 0 amide bonds. The molecule has 3 rings (SSSR count). The van der Waals surface area contributed by atoms with Crippen LogP contribution in [0.5, 0.6) is 0 Å². The van der Waals surface area contributed by atoms with Crippen LogP contribution in [-0.4, -0.2) is 24.1 Å². The van der Waals surface area contributed by atoms with Crippen molar-refractivity contribution in [3.05, 3.63) is 92.6 Å². The van der Waals surface area contributed by atoms with Crippen molar-refractivity contribution in [2.45, 2.75) is 12.8 Å². The van der Waals surface area contributed by atoms with E-state index in [1.807, 2.05) is 11.4 Å². The SMILES string of the molecule is O=C(CCCOC(=O)c1ccccc1C(=O)c1ccc(Cl)cc1)c1cccs1. The highest BCUT2D eigenvalue weighted by Gasteiger charge is 2.19. The predicted molar refractivity (Wildman–Crippen MR) is 109 cm³/mol. The fourth-order valence-corrected chi connectivity index (χ4v) is 3.47. The van der Waals surface area contributed by atoms with E-state index in [1.165, 1.54) is 11.3 Å². The van der Waals surface area contributed by atoms with Gasteiger partial charge in [-0.15, -0.1) is 11.3 Å². The second-order valence-electron chi connectivity index (χ2n) is 6.02. The Morgan fingerprint density at radius 2 is 1.61 bits per heavy atom. The molecule has 1 heterocycles. The second kappa shape index (κ2) is 9.44. The number of benzene rings is 2. The Hall–Kier alpha value is -2.76. The first-order chi connectivity index (χ1) is 13.6. The van der Waals surface area contributed by atoms with Crippen LogP contribution in [0.15, 0.2) is 66.0 Å². The number of rotatable bonds is 8. The molecule has 6 heteroatoms. The molecular weight excluding hydrogens is 396 g/mol. The van der Waals surface area contributed by atoms with Crippen molar-refractivity contribution in [1.82, 2.24) is 0 Å². The van der Waals surface area contributed by atoms with Gasteiger partial charge >= 0.3 is 5.97 Å². The minimum atomic E-state index is -0.582. The van der Waals surface area contributed by atoms with E-state index >= 15 is 0 Å². The average Bonchev–Trinajstić information content (AvgIpc) is 3.26. The summed E-state index contributed by atoms with van der Waals surface area (Å²) in [6, 6.07) is 16.6. The van der Waals surface area contributed by atoms with Gasteiger partial charge in [0.1, 0.15) is 0 Å². The van der Waals surface area contributed by atoms with Crippen LogP contribution in [0.25, 0.3) is 0 Å². The Kier molecular flexibility index (Phi) is 6.74. The molecule has 28 heavy (non-hydrogen) atoms. The number of carbonyl (C=O) groups excluding carboxylic acids is 3. The van der Waals surface area contributed by atoms with Gasteiger partial charge in [-0.05, 0) is 48.2 Å². The van der Waals surface area contributed by atoms with E-state index in [1.54, 1.807) is 54.6 Å². The number of thiophene rings is 1. The third-order valence-electron chi connectivity index (χ3n) is 4.08. The van der Waals surface area contributed by atoms with Gasteiger partial charge in [0.25, 0.3) is 0 Å². The summed E-state index contributed by atoms with van der Waals surface area (Å²) in [5, 5.41) is 2.38. The topological polar surface area (TPSA) is 60.4 Å². The van der Waals surface area contributed by atoms with Gasteiger partial charge in [0.05, 0.1) is 17.0 Å². The van der Waals surface area contributed by atoms with Crippen molar-refractivity contribution in [1.29, 1.82) is 0 Å². The maximum Gasteiger partial charge on any atom is 0.338 e. The van der Waals surface area contributed by atoms with Gasteiger partial charge in [0.2, 0.25) is 0 Å². The molecule has 0 atom stereocenters. The number of hydrogen-bond donors (Lipinski definition) is 0. The van der Waals surface area contributed by atoms with E-state index in [9.17, 15) is 14.4 Å². The molecule has 0 radical (unpaired) electrons. The maximum absolute atomic E-state index is 12.7. The molecule has 0 aliphatic rings. The fraction of sp³-hybridized carbons (Fsp3) is 0.136. The van der Waals surface area contributed by atoms with E-state index in [2.05, 4.69) is 0 Å². The van der Waals surface area contributed by atoms with Gasteiger partial charge in [-0.1, -0.05) is 35.9 Å². The van der Waals surface area contributed by atoms with Crippen molar-refractivity contribution in [3.63, 3.8) is 0 Å². The lowest BCUT2D eigenvalue weighted by Gasteiger charge is -2.09. The van der Waals surface area contributed by atoms with Crippen molar-refractivity contribution in [2.75, 3.05) is 6.61 Å². The number of carbonyl (C=O) groups is 3. The summed E-state index contributed by atoms with van der Waals surface area (Å²) in [5.41, 5.74) is 0.905. The summed E-state index contributed by atoms with van der Waals surface area (Å²) < 4.78 is 5.28. The lowest BCUT2D eigenvalue weighted by atomic mass is 9.98. The fourth-order valence-electron chi connectivity index (χ4n) is 2.65. The monoisotopic (exact) mass is 412 g/mol. The van der Waals surface area contributed by atoms with Gasteiger partial charge in [0, 0.05) is 22.6 Å². The number of hydrogen-bond acceptors (Lipinski definition) is 5. The largest absolute Gasteiger partial charge is 0.462 e. The van der Waals surface area contributed by atoms with Crippen molar-refractivity contribution < 1.29 is 19.1 Å². The summed E-state index contributed by atoms with van der Waals surface area (Å²) in [6.07, 6.45) is 0.731. The molecule has 0 saturated carbocycles. The van der Waals surface area contributed by atoms with Gasteiger partial charge in [0.15, 0.2) is 11.6 Å². The quantitative estimate of drug-likeness (QED) is 0.280. The van der Waals surface area contributed by atoms with Gasteiger partial charge in [-0.25, -0.2) is 4.79 Å². The Morgan fingerprint density at radius 1 is 0.893 bits per heavy atom. The summed E-state index contributed by atoms with van der Waals surface area (Å²) >= 11 is 7.25. The Labute approximate surface area is 171 Å². The zero-order chi connectivity index (χ0) is 19.9. The third kappa shape index (κ3) is 4.94. The molecule has 0 spiro atoms. The van der Waals surface area contributed by atoms with Crippen LogP contribution in [0.2, 0.25) is 5.02 Å². The van der Waals surface area contributed by atoms with E-state index in [0.29, 0.717) is 28.3 Å². The number of ether oxygens (including phenoxy) is 1. The summed E-state index contributed by atoms with van der Waals surface area (Å²) in [5.74, 6) is -0.831. The minimum absolute atomic E-state index is 0.0318. The zero-order valence-corrected chi connectivity index (χ0v) is 16.5. The molecule has 0 N–H and O–H groups in total. The molecule has 2 aromatic carbocycles. The Morgan fingerprint density at radius 3 is 2.29 bits per heavy atom. The van der Waals surface area contributed by atoms with E-state index in [4.69, 9.17) is 16.3 Å². The highest BCUT2D eigenvalue weighted by atomic mass is 35.5. The first-order valence-corrected chi connectivity index (χ1v) is 9.95. The molecule has 4 nitrogen and oxygen atoms in total. The normalized spacial score (nSPS) is 10.5. The van der Waals surface area contributed by atoms with E-state index in [-0.39, 0.29) is 29.3 Å². The molecular formula is C22H17ClO4S. The van der Waals surface area contributed by atoms with Gasteiger partial charge < -0.3 is 4.74 Å². The number of Topliss-reactive ketones (excluding diaryl/α,β-unsaturated/α-hetero) is 1. The predicted octanol–water partition coefficient (Wildman–Crippen LogP) is 5.45. The highest BCUT2D eigenvalue weighted by Crippen LogP contribution is 2.18. The smallest absolute Gasteiger partial charge is 0.338 e. The molecule has 0 aliphatic heterocycles. The van der Waals surface area contributed by atoms with Crippen LogP contribution in [0, 0.1) is 0 Å². The molecule has 3 aromatic rings. The Bertz CT molecular complexity index is 978. The van der Waals surface area contributed by atoms with E-state index < -0.39 is 5.97 Å². The zero-order valence-electron chi connectivity index (χ0n) is 14.9. The highest BCUT2D eigenvalue weighted by molar-refractivity contribution is 7.12. The molecule has 0 unspecified atom stereocenters. The number of esters is 1. The first kappa shape index (κ1) is 20.0. The number of ketones is 2. The van der Waals surface area contributed by atoms with Crippen molar-refractivity contribution in [2.24, 2.45) is 0 Å².